The summed E-state index contributed by atoms with van der Waals surface area (Å²) in [7, 11) is 0. The lowest BCUT2D eigenvalue weighted by Crippen LogP contribution is -2.13. The second-order valence-electron chi connectivity index (χ2n) is 5.04. The van der Waals surface area contributed by atoms with Crippen LogP contribution >= 0.6 is 11.3 Å². The van der Waals surface area contributed by atoms with Gasteiger partial charge in [-0.2, -0.15) is 0 Å². The molecule has 0 spiro atoms. The van der Waals surface area contributed by atoms with Gasteiger partial charge in [-0.25, -0.2) is 9.37 Å². The molecule has 4 nitrogen and oxygen atoms in total. The first-order valence-electron chi connectivity index (χ1n) is 7.03. The Balaban J connectivity index is 1.73. The molecule has 0 aliphatic carbocycles. The Morgan fingerprint density at radius 1 is 1.30 bits per heavy atom. The molecule has 23 heavy (non-hydrogen) atoms. The Labute approximate surface area is 137 Å². The van der Waals surface area contributed by atoms with Crippen LogP contribution in [0.3, 0.4) is 0 Å². The Bertz CT molecular complexity index is 847. The van der Waals surface area contributed by atoms with Crippen molar-refractivity contribution >= 4 is 22.9 Å². The predicted molar refractivity (Wildman–Crippen MR) is 88.2 cm³/mol. The third-order valence-corrected chi connectivity index (χ3v) is 4.22. The molecule has 3 rings (SSSR count). The van der Waals surface area contributed by atoms with Gasteiger partial charge in [0, 0.05) is 18.0 Å². The second-order valence-corrected chi connectivity index (χ2v) is 5.98. The number of benzene rings is 1. The van der Waals surface area contributed by atoms with Gasteiger partial charge in [-0.15, -0.1) is 11.3 Å². The summed E-state index contributed by atoms with van der Waals surface area (Å²) in [6.45, 7) is 1.89. The summed E-state index contributed by atoms with van der Waals surface area (Å²) in [5.41, 5.74) is 2.47. The third kappa shape index (κ3) is 3.60. The molecule has 1 amide bonds. The summed E-state index contributed by atoms with van der Waals surface area (Å²) < 4.78 is 13.7. The minimum absolute atomic E-state index is 0.264. The Kier molecular flexibility index (Phi) is 4.43. The molecule has 1 aromatic carbocycles. The van der Waals surface area contributed by atoms with Crippen molar-refractivity contribution in [2.24, 2.45) is 0 Å². The number of carbonyl (C=O) groups is 1. The van der Waals surface area contributed by atoms with Crippen LogP contribution < -0.4 is 5.32 Å². The topological polar surface area (TPSA) is 54.9 Å². The molecule has 0 saturated carbocycles. The smallest absolute Gasteiger partial charge is 0.275 e. The van der Waals surface area contributed by atoms with Gasteiger partial charge in [-0.1, -0.05) is 18.2 Å². The second kappa shape index (κ2) is 6.66. The number of pyridine rings is 1. The van der Waals surface area contributed by atoms with E-state index in [2.05, 4.69) is 15.3 Å². The quantitative estimate of drug-likeness (QED) is 0.792. The highest BCUT2D eigenvalue weighted by molar-refractivity contribution is 7.09. The SMILES string of the molecule is Cc1ccncc1NC(=O)c1csc(Cc2ccccc2F)n1. The van der Waals surface area contributed by atoms with Crippen LogP contribution in [-0.2, 0) is 6.42 Å². The van der Waals surface area contributed by atoms with Crippen molar-refractivity contribution in [2.75, 3.05) is 5.32 Å². The average Bonchev–Trinajstić information content (AvgIpc) is 3.01. The molecule has 0 saturated heterocycles. The molecule has 2 heterocycles. The van der Waals surface area contributed by atoms with Crippen LogP contribution in [0.2, 0.25) is 0 Å². The monoisotopic (exact) mass is 327 g/mol. The zero-order valence-electron chi connectivity index (χ0n) is 12.4. The number of aryl methyl sites for hydroxylation is 1. The number of hydrogen-bond donors (Lipinski definition) is 1. The Morgan fingerprint density at radius 2 is 2.13 bits per heavy atom. The molecule has 0 fully saturated rings. The van der Waals surface area contributed by atoms with E-state index < -0.39 is 0 Å². The third-order valence-electron chi connectivity index (χ3n) is 3.37. The lowest BCUT2D eigenvalue weighted by atomic mass is 10.1. The van der Waals surface area contributed by atoms with Crippen LogP contribution in [0, 0.1) is 12.7 Å². The number of thiazole rings is 1. The Hall–Kier alpha value is -2.60. The van der Waals surface area contributed by atoms with Gasteiger partial charge < -0.3 is 5.32 Å². The van der Waals surface area contributed by atoms with E-state index in [1.54, 1.807) is 36.0 Å². The number of nitrogens with zero attached hydrogens (tertiary/aromatic N) is 2. The summed E-state index contributed by atoms with van der Waals surface area (Å²) in [5, 5.41) is 5.16. The Morgan fingerprint density at radius 3 is 2.91 bits per heavy atom. The fourth-order valence-electron chi connectivity index (χ4n) is 2.08. The van der Waals surface area contributed by atoms with E-state index in [1.807, 2.05) is 13.0 Å². The van der Waals surface area contributed by atoms with E-state index in [9.17, 15) is 9.18 Å². The summed E-state index contributed by atoms with van der Waals surface area (Å²) in [6, 6.07) is 8.39. The van der Waals surface area contributed by atoms with Crippen LogP contribution in [0.25, 0.3) is 0 Å². The van der Waals surface area contributed by atoms with E-state index in [4.69, 9.17) is 0 Å². The van der Waals surface area contributed by atoms with Gasteiger partial charge in [0.05, 0.1) is 16.9 Å². The normalized spacial score (nSPS) is 10.5. The summed E-state index contributed by atoms with van der Waals surface area (Å²) in [6.07, 6.45) is 3.64. The molecule has 0 radical (unpaired) electrons. The molecule has 0 aliphatic heterocycles. The first kappa shape index (κ1) is 15.3. The van der Waals surface area contributed by atoms with E-state index in [0.29, 0.717) is 28.4 Å². The molecule has 6 heteroatoms. The highest BCUT2D eigenvalue weighted by Gasteiger charge is 2.13. The summed E-state index contributed by atoms with van der Waals surface area (Å²) in [5.74, 6) is -0.559. The molecule has 0 aliphatic rings. The highest BCUT2D eigenvalue weighted by Crippen LogP contribution is 2.18. The summed E-state index contributed by atoms with van der Waals surface area (Å²) >= 11 is 1.34. The zero-order chi connectivity index (χ0) is 16.2. The number of amides is 1. The van der Waals surface area contributed by atoms with Crippen molar-refractivity contribution in [2.45, 2.75) is 13.3 Å². The number of halogens is 1. The van der Waals surface area contributed by atoms with Crippen molar-refractivity contribution in [1.29, 1.82) is 0 Å². The van der Waals surface area contributed by atoms with Crippen LogP contribution in [0.1, 0.15) is 26.6 Å². The van der Waals surface area contributed by atoms with Crippen molar-refractivity contribution in [3.63, 3.8) is 0 Å². The van der Waals surface area contributed by atoms with Gasteiger partial charge in [0.25, 0.3) is 5.91 Å². The van der Waals surface area contributed by atoms with Gasteiger partial charge in [-0.3, -0.25) is 9.78 Å². The van der Waals surface area contributed by atoms with E-state index in [1.165, 1.54) is 17.4 Å². The number of rotatable bonds is 4. The predicted octanol–water partition coefficient (Wildman–Crippen LogP) is 3.83. The van der Waals surface area contributed by atoms with Crippen LogP contribution in [-0.4, -0.2) is 15.9 Å². The molecule has 0 unspecified atom stereocenters. The molecule has 1 N–H and O–H groups in total. The largest absolute Gasteiger partial charge is 0.319 e. The van der Waals surface area contributed by atoms with Gasteiger partial charge >= 0.3 is 0 Å². The lowest BCUT2D eigenvalue weighted by molar-refractivity contribution is 0.102. The minimum atomic E-state index is -0.294. The fourth-order valence-corrected chi connectivity index (χ4v) is 2.88. The van der Waals surface area contributed by atoms with Gasteiger partial charge in [-0.05, 0) is 30.2 Å². The maximum Gasteiger partial charge on any atom is 0.275 e. The van der Waals surface area contributed by atoms with Gasteiger partial charge in [0.1, 0.15) is 11.5 Å². The number of anilines is 1. The molecule has 2 aromatic heterocycles. The van der Waals surface area contributed by atoms with Crippen molar-refractivity contribution < 1.29 is 9.18 Å². The first-order chi connectivity index (χ1) is 11.1. The minimum Gasteiger partial charge on any atom is -0.319 e. The highest BCUT2D eigenvalue weighted by atomic mass is 32.1. The first-order valence-corrected chi connectivity index (χ1v) is 7.91. The maximum atomic E-state index is 13.7. The molecular formula is C17H14FN3OS. The molecule has 116 valence electrons. The van der Waals surface area contributed by atoms with Crippen molar-refractivity contribution in [3.8, 4) is 0 Å². The molecular weight excluding hydrogens is 313 g/mol. The molecule has 0 bridgehead atoms. The van der Waals surface area contributed by atoms with Crippen molar-refractivity contribution in [1.82, 2.24) is 9.97 Å². The van der Waals surface area contributed by atoms with Crippen LogP contribution in [0.5, 0.6) is 0 Å². The van der Waals surface area contributed by atoms with E-state index in [0.717, 1.165) is 5.56 Å². The van der Waals surface area contributed by atoms with Crippen LogP contribution in [0.4, 0.5) is 10.1 Å². The van der Waals surface area contributed by atoms with Gasteiger partial charge in [0.15, 0.2) is 0 Å². The van der Waals surface area contributed by atoms with E-state index in [-0.39, 0.29) is 11.7 Å². The molecule has 0 atom stereocenters. The molecule has 3 aromatic rings. The van der Waals surface area contributed by atoms with Crippen LogP contribution in [0.15, 0.2) is 48.1 Å². The standard InChI is InChI=1S/C17H14FN3OS/c1-11-6-7-19-9-14(11)21-17(22)15-10-23-16(20-15)8-12-4-2-3-5-13(12)18/h2-7,9-10H,8H2,1H3,(H,21,22). The summed E-state index contributed by atoms with van der Waals surface area (Å²) in [4.78, 5) is 20.5. The van der Waals surface area contributed by atoms with Gasteiger partial charge in [0.2, 0.25) is 0 Å². The average molecular weight is 327 g/mol. The lowest BCUT2D eigenvalue weighted by Gasteiger charge is -2.05. The fraction of sp³-hybridized carbons (Fsp3) is 0.118. The number of nitrogens with one attached hydrogen (secondary N) is 1. The zero-order valence-corrected chi connectivity index (χ0v) is 13.2. The maximum absolute atomic E-state index is 13.7. The number of aromatic nitrogens is 2. The van der Waals surface area contributed by atoms with Crippen molar-refractivity contribution in [3.05, 3.63) is 75.8 Å². The number of carbonyl (C=O) groups excluding carboxylic acids is 1. The van der Waals surface area contributed by atoms with E-state index >= 15 is 0 Å². The number of hydrogen-bond acceptors (Lipinski definition) is 4.